The molecule has 1 saturated heterocycles. The summed E-state index contributed by atoms with van der Waals surface area (Å²) in [6.07, 6.45) is 4.35. The van der Waals surface area contributed by atoms with Gasteiger partial charge in [-0.2, -0.15) is 0 Å². The Morgan fingerprint density at radius 2 is 2.30 bits per heavy atom. The predicted octanol–water partition coefficient (Wildman–Crippen LogP) is 3.09. The first kappa shape index (κ1) is 14.9. The summed E-state index contributed by atoms with van der Waals surface area (Å²) in [6, 6.07) is 7.19. The fourth-order valence-corrected chi connectivity index (χ4v) is 3.09. The second-order valence-electron chi connectivity index (χ2n) is 5.31. The van der Waals surface area contributed by atoms with Crippen LogP contribution in [0.5, 0.6) is 5.75 Å². The molecule has 4 heteroatoms. The number of methoxy groups -OCH3 is 1. The van der Waals surface area contributed by atoms with E-state index in [0.717, 1.165) is 31.4 Å². The van der Waals surface area contributed by atoms with Crippen LogP contribution in [0, 0.1) is 0 Å². The Bertz CT molecular complexity index is 461. The number of carboxylic acid groups (broad SMARTS) is 1. The van der Waals surface area contributed by atoms with Gasteiger partial charge in [0.15, 0.2) is 0 Å². The van der Waals surface area contributed by atoms with Gasteiger partial charge in [0.2, 0.25) is 0 Å². The number of carboxylic acids is 1. The molecule has 1 aromatic rings. The summed E-state index contributed by atoms with van der Waals surface area (Å²) in [5, 5.41) is 9.67. The molecule has 1 aliphatic heterocycles. The first-order valence-corrected chi connectivity index (χ1v) is 7.30. The van der Waals surface area contributed by atoms with E-state index in [2.05, 4.69) is 11.8 Å². The van der Waals surface area contributed by atoms with Crippen LogP contribution in [0.1, 0.15) is 44.2 Å². The van der Waals surface area contributed by atoms with Crippen molar-refractivity contribution in [1.29, 1.82) is 0 Å². The minimum absolute atomic E-state index is 0.357. The SMILES string of the molecule is CCC1CCCCN1C(C(=O)O)c1cccc(OC)c1. The van der Waals surface area contributed by atoms with Crippen LogP contribution in [0.2, 0.25) is 0 Å². The Labute approximate surface area is 120 Å². The van der Waals surface area contributed by atoms with E-state index in [0.29, 0.717) is 11.8 Å². The lowest BCUT2D eigenvalue weighted by molar-refractivity contribution is -0.145. The number of benzene rings is 1. The van der Waals surface area contributed by atoms with Crippen molar-refractivity contribution in [2.45, 2.75) is 44.7 Å². The summed E-state index contributed by atoms with van der Waals surface area (Å²) in [4.78, 5) is 13.9. The number of nitrogens with zero attached hydrogens (tertiary/aromatic N) is 1. The third-order valence-corrected chi connectivity index (χ3v) is 4.12. The molecule has 20 heavy (non-hydrogen) atoms. The van der Waals surface area contributed by atoms with Gasteiger partial charge in [-0.1, -0.05) is 25.5 Å². The molecule has 2 atom stereocenters. The molecule has 0 radical (unpaired) electrons. The van der Waals surface area contributed by atoms with E-state index >= 15 is 0 Å². The summed E-state index contributed by atoms with van der Waals surface area (Å²) in [6.45, 7) is 2.99. The molecule has 2 unspecified atom stereocenters. The van der Waals surface area contributed by atoms with Gasteiger partial charge < -0.3 is 9.84 Å². The number of likely N-dealkylation sites (tertiary alicyclic amines) is 1. The number of carbonyl (C=O) groups is 1. The van der Waals surface area contributed by atoms with Crippen LogP contribution in [0.15, 0.2) is 24.3 Å². The van der Waals surface area contributed by atoms with Gasteiger partial charge in [-0.15, -0.1) is 0 Å². The topological polar surface area (TPSA) is 49.8 Å². The lowest BCUT2D eigenvalue weighted by Gasteiger charge is -2.39. The van der Waals surface area contributed by atoms with Crippen LogP contribution in [0.4, 0.5) is 0 Å². The highest BCUT2D eigenvalue weighted by atomic mass is 16.5. The van der Waals surface area contributed by atoms with Crippen molar-refractivity contribution in [3.05, 3.63) is 29.8 Å². The van der Waals surface area contributed by atoms with Gasteiger partial charge in [-0.25, -0.2) is 0 Å². The van der Waals surface area contributed by atoms with Gasteiger partial charge in [-0.3, -0.25) is 9.69 Å². The Morgan fingerprint density at radius 3 is 2.95 bits per heavy atom. The van der Waals surface area contributed by atoms with Gasteiger partial charge in [-0.05, 0) is 43.5 Å². The largest absolute Gasteiger partial charge is 0.497 e. The quantitative estimate of drug-likeness (QED) is 0.898. The zero-order chi connectivity index (χ0) is 14.5. The molecule has 0 spiro atoms. The molecule has 1 aliphatic rings. The zero-order valence-electron chi connectivity index (χ0n) is 12.2. The van der Waals surface area contributed by atoms with Gasteiger partial charge in [0.05, 0.1) is 7.11 Å². The molecule has 4 nitrogen and oxygen atoms in total. The van der Waals surface area contributed by atoms with Gasteiger partial charge in [0, 0.05) is 6.04 Å². The van der Waals surface area contributed by atoms with E-state index in [-0.39, 0.29) is 0 Å². The van der Waals surface area contributed by atoms with Crippen LogP contribution in [0.25, 0.3) is 0 Å². The van der Waals surface area contributed by atoms with Crippen LogP contribution in [0.3, 0.4) is 0 Å². The maximum atomic E-state index is 11.8. The lowest BCUT2D eigenvalue weighted by atomic mass is 9.95. The number of rotatable bonds is 5. The average molecular weight is 277 g/mol. The van der Waals surface area contributed by atoms with Crippen molar-refractivity contribution in [1.82, 2.24) is 4.90 Å². The van der Waals surface area contributed by atoms with Crippen molar-refractivity contribution >= 4 is 5.97 Å². The highest BCUT2D eigenvalue weighted by Gasteiger charge is 2.33. The number of hydrogen-bond acceptors (Lipinski definition) is 3. The molecule has 1 aromatic carbocycles. The highest BCUT2D eigenvalue weighted by Crippen LogP contribution is 2.31. The Hall–Kier alpha value is -1.55. The van der Waals surface area contributed by atoms with Crippen LogP contribution >= 0.6 is 0 Å². The van der Waals surface area contributed by atoms with Crippen molar-refractivity contribution in [2.24, 2.45) is 0 Å². The fourth-order valence-electron chi connectivity index (χ4n) is 3.09. The smallest absolute Gasteiger partial charge is 0.325 e. The van der Waals surface area contributed by atoms with E-state index in [1.165, 1.54) is 6.42 Å². The van der Waals surface area contributed by atoms with Crippen LogP contribution in [-0.2, 0) is 4.79 Å². The number of aliphatic carboxylic acids is 1. The molecule has 1 heterocycles. The maximum absolute atomic E-state index is 11.8. The van der Waals surface area contributed by atoms with Crippen molar-refractivity contribution in [3.63, 3.8) is 0 Å². The lowest BCUT2D eigenvalue weighted by Crippen LogP contribution is -2.44. The third kappa shape index (κ3) is 3.12. The number of hydrogen-bond donors (Lipinski definition) is 1. The van der Waals surface area contributed by atoms with Crippen LogP contribution < -0.4 is 4.74 Å². The van der Waals surface area contributed by atoms with Crippen molar-refractivity contribution in [2.75, 3.05) is 13.7 Å². The minimum atomic E-state index is -0.779. The average Bonchev–Trinajstić information content (AvgIpc) is 2.48. The highest BCUT2D eigenvalue weighted by molar-refractivity contribution is 5.75. The Kier molecular flexibility index (Phi) is 5.01. The standard InChI is InChI=1S/C16H23NO3/c1-3-13-8-4-5-10-17(13)15(16(18)19)12-7-6-9-14(11-12)20-2/h6-7,9,11,13,15H,3-5,8,10H2,1-2H3,(H,18,19). The first-order chi connectivity index (χ1) is 9.67. The van der Waals surface area contributed by atoms with E-state index in [4.69, 9.17) is 4.74 Å². The molecule has 1 N–H and O–H groups in total. The van der Waals surface area contributed by atoms with E-state index < -0.39 is 12.0 Å². The molecule has 0 saturated carbocycles. The maximum Gasteiger partial charge on any atom is 0.325 e. The zero-order valence-corrected chi connectivity index (χ0v) is 12.2. The summed E-state index contributed by atoms with van der Waals surface area (Å²) < 4.78 is 5.21. The summed E-state index contributed by atoms with van der Waals surface area (Å²) in [5.41, 5.74) is 0.803. The summed E-state index contributed by atoms with van der Waals surface area (Å²) >= 11 is 0. The molecule has 0 aromatic heterocycles. The van der Waals surface area contributed by atoms with E-state index in [9.17, 15) is 9.90 Å². The second kappa shape index (κ2) is 6.75. The van der Waals surface area contributed by atoms with Crippen LogP contribution in [-0.4, -0.2) is 35.7 Å². The Morgan fingerprint density at radius 1 is 1.50 bits per heavy atom. The van der Waals surface area contributed by atoms with Gasteiger partial charge in [0.1, 0.15) is 11.8 Å². The van der Waals surface area contributed by atoms with E-state index in [1.807, 2.05) is 24.3 Å². The Balaban J connectivity index is 2.31. The molecular formula is C16H23NO3. The molecular weight excluding hydrogens is 254 g/mol. The first-order valence-electron chi connectivity index (χ1n) is 7.30. The molecule has 0 amide bonds. The normalized spacial score (nSPS) is 21.4. The number of piperidine rings is 1. The monoisotopic (exact) mass is 277 g/mol. The van der Waals surface area contributed by atoms with E-state index in [1.54, 1.807) is 7.11 Å². The molecule has 0 aliphatic carbocycles. The molecule has 110 valence electrons. The fraction of sp³-hybridized carbons (Fsp3) is 0.562. The van der Waals surface area contributed by atoms with Gasteiger partial charge in [0.25, 0.3) is 0 Å². The molecule has 1 fully saturated rings. The summed E-state index contributed by atoms with van der Waals surface area (Å²) in [7, 11) is 1.60. The minimum Gasteiger partial charge on any atom is -0.497 e. The third-order valence-electron chi connectivity index (χ3n) is 4.12. The second-order valence-corrected chi connectivity index (χ2v) is 5.31. The van der Waals surface area contributed by atoms with Crippen molar-refractivity contribution in [3.8, 4) is 5.75 Å². The van der Waals surface area contributed by atoms with Crippen molar-refractivity contribution < 1.29 is 14.6 Å². The summed E-state index contributed by atoms with van der Waals surface area (Å²) in [5.74, 6) is -0.0718. The molecule has 2 rings (SSSR count). The van der Waals surface area contributed by atoms with Gasteiger partial charge >= 0.3 is 5.97 Å². The predicted molar refractivity (Wildman–Crippen MR) is 78.0 cm³/mol. The number of ether oxygens (including phenoxy) is 1. The molecule has 0 bridgehead atoms.